The average molecular weight is 477 g/mol. The third-order valence-corrected chi connectivity index (χ3v) is 6.58. The fourth-order valence-electron chi connectivity index (χ4n) is 3.79. The minimum Gasteiger partial charge on any atom is -0.368 e. The zero-order valence-corrected chi connectivity index (χ0v) is 19.8. The van der Waals surface area contributed by atoms with Crippen LogP contribution < -0.4 is 10.2 Å². The van der Waals surface area contributed by atoms with Crippen LogP contribution in [0, 0.1) is 0 Å². The highest BCUT2D eigenvalue weighted by atomic mass is 32.2. The summed E-state index contributed by atoms with van der Waals surface area (Å²) in [4.78, 5) is 29.4. The van der Waals surface area contributed by atoms with E-state index in [9.17, 15) is 9.59 Å². The lowest BCUT2D eigenvalue weighted by molar-refractivity contribution is -0.128. The first-order chi connectivity index (χ1) is 16.7. The van der Waals surface area contributed by atoms with Crippen LogP contribution in [-0.4, -0.2) is 63.4 Å². The van der Waals surface area contributed by atoms with Crippen LogP contribution >= 0.6 is 11.8 Å². The molecular formula is C25H28N6O2S. The van der Waals surface area contributed by atoms with E-state index in [0.29, 0.717) is 36.2 Å². The monoisotopic (exact) mass is 476 g/mol. The first kappa shape index (κ1) is 23.6. The highest BCUT2D eigenvalue weighted by molar-refractivity contribution is 7.99. The van der Waals surface area contributed by atoms with E-state index in [-0.39, 0.29) is 24.1 Å². The molecule has 0 aliphatic carbocycles. The van der Waals surface area contributed by atoms with Gasteiger partial charge >= 0.3 is 0 Å². The van der Waals surface area contributed by atoms with Crippen LogP contribution in [0.4, 0.5) is 5.69 Å². The van der Waals surface area contributed by atoms with Gasteiger partial charge in [0, 0.05) is 44.0 Å². The number of benzene rings is 2. The molecule has 2 aromatic carbocycles. The maximum atomic E-state index is 12.8. The number of para-hydroxylation sites is 1. The van der Waals surface area contributed by atoms with Gasteiger partial charge in [-0.15, -0.1) is 16.8 Å². The number of nitrogens with zero attached hydrogens (tertiary/aromatic N) is 5. The van der Waals surface area contributed by atoms with Gasteiger partial charge < -0.3 is 19.7 Å². The van der Waals surface area contributed by atoms with E-state index in [1.807, 2.05) is 45.9 Å². The second-order valence-electron chi connectivity index (χ2n) is 7.84. The van der Waals surface area contributed by atoms with Crippen LogP contribution in [0.1, 0.15) is 16.2 Å². The van der Waals surface area contributed by atoms with Gasteiger partial charge in [0.1, 0.15) is 0 Å². The Balaban J connectivity index is 1.30. The van der Waals surface area contributed by atoms with Gasteiger partial charge in [0.05, 0.1) is 12.3 Å². The van der Waals surface area contributed by atoms with Crippen molar-refractivity contribution in [3.63, 3.8) is 0 Å². The summed E-state index contributed by atoms with van der Waals surface area (Å²) in [5, 5.41) is 12.0. The van der Waals surface area contributed by atoms with Crippen molar-refractivity contribution in [2.75, 3.05) is 36.8 Å². The molecule has 1 aliphatic rings. The van der Waals surface area contributed by atoms with Crippen molar-refractivity contribution in [2.45, 2.75) is 18.2 Å². The molecule has 0 bridgehead atoms. The summed E-state index contributed by atoms with van der Waals surface area (Å²) in [7, 11) is 0. The van der Waals surface area contributed by atoms with Gasteiger partial charge in [-0.25, -0.2) is 0 Å². The Morgan fingerprint density at radius 3 is 2.32 bits per heavy atom. The van der Waals surface area contributed by atoms with Crippen LogP contribution in [0.15, 0.2) is 78.5 Å². The highest BCUT2D eigenvalue weighted by Gasteiger charge is 2.22. The smallest absolute Gasteiger partial charge is 0.251 e. The molecule has 1 N–H and O–H groups in total. The summed E-state index contributed by atoms with van der Waals surface area (Å²) in [5.41, 5.74) is 1.78. The van der Waals surface area contributed by atoms with Crippen LogP contribution in [0.3, 0.4) is 0 Å². The van der Waals surface area contributed by atoms with Crippen molar-refractivity contribution in [1.29, 1.82) is 0 Å². The second-order valence-corrected chi connectivity index (χ2v) is 8.78. The number of allylic oxidation sites excluding steroid dienone is 1. The predicted octanol–water partition coefficient (Wildman–Crippen LogP) is 2.84. The van der Waals surface area contributed by atoms with Crippen LogP contribution in [0.5, 0.6) is 0 Å². The van der Waals surface area contributed by atoms with E-state index in [2.05, 4.69) is 39.1 Å². The predicted molar refractivity (Wildman–Crippen MR) is 134 cm³/mol. The van der Waals surface area contributed by atoms with Crippen molar-refractivity contribution in [1.82, 2.24) is 25.0 Å². The number of thioether (sulfide) groups is 1. The molecule has 1 saturated heterocycles. The summed E-state index contributed by atoms with van der Waals surface area (Å²) >= 11 is 1.36. The fraction of sp³-hybridized carbons (Fsp3) is 0.280. The summed E-state index contributed by atoms with van der Waals surface area (Å²) in [6.07, 6.45) is 1.75. The van der Waals surface area contributed by atoms with E-state index >= 15 is 0 Å². The zero-order chi connectivity index (χ0) is 23.8. The topological polar surface area (TPSA) is 83.4 Å². The Bertz CT molecular complexity index is 1110. The lowest BCUT2D eigenvalue weighted by atomic mass is 10.2. The van der Waals surface area contributed by atoms with Crippen molar-refractivity contribution >= 4 is 29.3 Å². The lowest BCUT2D eigenvalue weighted by Gasteiger charge is -2.36. The molecule has 9 heteroatoms. The van der Waals surface area contributed by atoms with Crippen LogP contribution in [0.25, 0.3) is 0 Å². The van der Waals surface area contributed by atoms with Crippen molar-refractivity contribution in [3.8, 4) is 0 Å². The minimum atomic E-state index is -0.173. The molecule has 2 heterocycles. The number of hydrogen-bond acceptors (Lipinski definition) is 6. The van der Waals surface area contributed by atoms with Crippen molar-refractivity contribution in [3.05, 3.63) is 84.7 Å². The fourth-order valence-corrected chi connectivity index (χ4v) is 4.66. The molecule has 8 nitrogen and oxygen atoms in total. The molecule has 2 amide bonds. The number of rotatable bonds is 9. The molecule has 4 rings (SSSR count). The van der Waals surface area contributed by atoms with E-state index < -0.39 is 0 Å². The number of hydrogen-bond donors (Lipinski definition) is 1. The number of anilines is 1. The Morgan fingerprint density at radius 2 is 1.65 bits per heavy atom. The summed E-state index contributed by atoms with van der Waals surface area (Å²) in [5.74, 6) is 0.824. The SMILES string of the molecule is C=CCn1c(CNC(=O)c2ccccc2)nnc1SCC(=O)N1CCN(c2ccccc2)CC1. The van der Waals surface area contributed by atoms with Gasteiger partial charge in [0.2, 0.25) is 5.91 Å². The van der Waals surface area contributed by atoms with E-state index in [0.717, 1.165) is 13.1 Å². The summed E-state index contributed by atoms with van der Waals surface area (Å²) < 4.78 is 1.88. The van der Waals surface area contributed by atoms with Gasteiger partial charge in [-0.05, 0) is 24.3 Å². The van der Waals surface area contributed by atoms with Gasteiger partial charge in [0.15, 0.2) is 11.0 Å². The average Bonchev–Trinajstić information content (AvgIpc) is 3.28. The third kappa shape index (κ3) is 5.85. The van der Waals surface area contributed by atoms with E-state index in [4.69, 9.17) is 0 Å². The van der Waals surface area contributed by atoms with Gasteiger partial charge in [0.25, 0.3) is 5.91 Å². The lowest BCUT2D eigenvalue weighted by Crippen LogP contribution is -2.49. The highest BCUT2D eigenvalue weighted by Crippen LogP contribution is 2.20. The van der Waals surface area contributed by atoms with Crippen molar-refractivity contribution < 1.29 is 9.59 Å². The largest absolute Gasteiger partial charge is 0.368 e. The molecule has 1 aromatic heterocycles. The Hall–Kier alpha value is -3.59. The van der Waals surface area contributed by atoms with Gasteiger partial charge in [-0.1, -0.05) is 54.2 Å². The minimum absolute atomic E-state index is 0.0878. The third-order valence-electron chi connectivity index (χ3n) is 5.63. The molecule has 1 aliphatic heterocycles. The number of amides is 2. The molecule has 176 valence electrons. The normalized spacial score (nSPS) is 13.5. The molecule has 1 fully saturated rings. The molecule has 0 spiro atoms. The molecule has 0 radical (unpaired) electrons. The first-order valence-corrected chi connectivity index (χ1v) is 12.2. The number of piperazine rings is 1. The summed E-state index contributed by atoms with van der Waals surface area (Å²) in [6, 6.07) is 19.3. The Labute approximate surface area is 203 Å². The molecule has 0 atom stereocenters. The van der Waals surface area contributed by atoms with Crippen LogP contribution in [0.2, 0.25) is 0 Å². The maximum absolute atomic E-state index is 12.8. The number of aromatic nitrogens is 3. The maximum Gasteiger partial charge on any atom is 0.251 e. The van der Waals surface area contributed by atoms with E-state index in [1.165, 1.54) is 17.4 Å². The van der Waals surface area contributed by atoms with Gasteiger partial charge in [-0.2, -0.15) is 0 Å². The number of nitrogens with one attached hydrogen (secondary N) is 1. The quantitative estimate of drug-likeness (QED) is 0.378. The molecule has 3 aromatic rings. The molecule has 34 heavy (non-hydrogen) atoms. The molecular weight excluding hydrogens is 448 g/mol. The number of carbonyl (C=O) groups is 2. The molecule has 0 saturated carbocycles. The zero-order valence-electron chi connectivity index (χ0n) is 19.0. The first-order valence-electron chi connectivity index (χ1n) is 11.2. The Kier molecular flexibility index (Phi) is 7.98. The Morgan fingerprint density at radius 1 is 0.971 bits per heavy atom. The van der Waals surface area contributed by atoms with E-state index in [1.54, 1.807) is 18.2 Å². The van der Waals surface area contributed by atoms with Crippen molar-refractivity contribution in [2.24, 2.45) is 0 Å². The van der Waals surface area contributed by atoms with Crippen LogP contribution in [-0.2, 0) is 17.9 Å². The second kappa shape index (κ2) is 11.5. The number of carbonyl (C=O) groups excluding carboxylic acids is 2. The molecule has 0 unspecified atom stereocenters. The standard InChI is InChI=1S/C25H28N6O2S/c1-2-13-31-22(18-26-24(33)20-9-5-3-6-10-20)27-28-25(31)34-19-23(32)30-16-14-29(15-17-30)21-11-7-4-8-12-21/h2-12H,1,13-19H2,(H,26,33). The summed E-state index contributed by atoms with van der Waals surface area (Å²) in [6.45, 7) is 7.58. The van der Waals surface area contributed by atoms with Gasteiger partial charge in [-0.3, -0.25) is 9.59 Å².